The molecule has 9 heteroatoms. The van der Waals surface area contributed by atoms with E-state index >= 15 is 0 Å². The number of fused-ring (bicyclic) bond motifs is 1. The number of hydrogen-bond donors (Lipinski definition) is 0. The van der Waals surface area contributed by atoms with Crippen LogP contribution in [-0.4, -0.2) is 77.7 Å². The van der Waals surface area contributed by atoms with Crippen molar-refractivity contribution in [3.8, 4) is 5.69 Å². The molecular weight excluding hydrogens is 423 g/mol. The van der Waals surface area contributed by atoms with E-state index in [1.165, 1.54) is 0 Å². The second-order valence-electron chi connectivity index (χ2n) is 5.67. The van der Waals surface area contributed by atoms with Gasteiger partial charge < -0.3 is 21.4 Å². The average Bonchev–Trinajstić information content (AvgIpc) is 3.21. The van der Waals surface area contributed by atoms with Crippen molar-refractivity contribution in [1.29, 1.82) is 0 Å². The van der Waals surface area contributed by atoms with Gasteiger partial charge in [-0.25, -0.2) is 9.67 Å². The first-order chi connectivity index (χ1) is 12.2. The van der Waals surface area contributed by atoms with Crippen LogP contribution in [0.4, 0.5) is 11.5 Å². The maximum absolute atomic E-state index is 12.6. The van der Waals surface area contributed by atoms with Crippen molar-refractivity contribution in [2.24, 2.45) is 0 Å². The van der Waals surface area contributed by atoms with Gasteiger partial charge in [-0.1, -0.05) is 0 Å². The smallest absolute Gasteiger partial charge is 1.00 e. The van der Waals surface area contributed by atoms with Gasteiger partial charge in [-0.05, 0) is 24.3 Å². The molecule has 3 aromatic rings. The maximum Gasteiger partial charge on any atom is 2.00 e. The molecule has 0 aromatic carbocycles. The molecule has 4 rings (SSSR count). The predicted octanol–water partition coefficient (Wildman–Crippen LogP) is -1.12. The van der Waals surface area contributed by atoms with Crippen molar-refractivity contribution in [2.75, 3.05) is 16.3 Å². The Labute approximate surface area is 193 Å². The molecule has 0 atom stereocenters. The summed E-state index contributed by atoms with van der Waals surface area (Å²) in [6.07, 6.45) is 6.80. The molecule has 0 aliphatic carbocycles. The maximum atomic E-state index is 12.6. The zero-order valence-corrected chi connectivity index (χ0v) is 18.1. The number of anilines is 2. The quantitative estimate of drug-likeness (QED) is 0.381. The zero-order chi connectivity index (χ0) is 17.4. The van der Waals surface area contributed by atoms with Gasteiger partial charge in [0.1, 0.15) is 0 Å². The number of halogens is 1. The Bertz CT molecular complexity index is 915. The number of nitrogens with zero attached hydrogens (tertiary/aromatic N) is 6. The van der Waals surface area contributed by atoms with Crippen LogP contribution in [0.5, 0.6) is 0 Å². The topological polar surface area (TPSA) is 67.2 Å². The zero-order valence-electron chi connectivity index (χ0n) is 14.6. The average molecular weight is 439 g/mol. The summed E-state index contributed by atoms with van der Waals surface area (Å²) in [5.74, 6) is 0.664. The molecule has 0 bridgehead atoms. The van der Waals surface area contributed by atoms with Crippen LogP contribution in [0.1, 0.15) is 16.1 Å². The first kappa shape index (κ1) is 21.5. The fourth-order valence-corrected chi connectivity index (χ4v) is 2.74. The Morgan fingerprint density at radius 3 is 2.59 bits per heavy atom. The van der Waals surface area contributed by atoms with Crippen LogP contribution < -0.4 is 14.5 Å². The van der Waals surface area contributed by atoms with Crippen LogP contribution in [-0.2, 0) is 6.54 Å². The van der Waals surface area contributed by atoms with Crippen LogP contribution in [0.25, 0.3) is 5.69 Å². The van der Waals surface area contributed by atoms with Crippen molar-refractivity contribution in [3.63, 3.8) is 0 Å². The van der Waals surface area contributed by atoms with E-state index in [0.717, 1.165) is 22.9 Å². The minimum Gasteiger partial charge on any atom is -1.00 e. The fourth-order valence-electron chi connectivity index (χ4n) is 2.74. The van der Waals surface area contributed by atoms with E-state index in [2.05, 4.69) is 29.0 Å². The third-order valence-electron chi connectivity index (χ3n) is 4.12. The number of pyridine rings is 2. The Morgan fingerprint density at radius 1 is 1.19 bits per heavy atom. The van der Waals surface area contributed by atoms with Gasteiger partial charge in [0.05, 0.1) is 47.4 Å². The molecule has 0 fully saturated rings. The first-order valence-corrected chi connectivity index (χ1v) is 7.81. The molecule has 7 nitrogen and oxygen atoms in total. The van der Waals surface area contributed by atoms with Crippen molar-refractivity contribution in [2.45, 2.75) is 6.54 Å². The Kier molecular flexibility index (Phi) is 7.10. The minimum atomic E-state index is -0.0696. The number of amides is 1. The van der Waals surface area contributed by atoms with Gasteiger partial charge in [-0.2, -0.15) is 5.10 Å². The summed E-state index contributed by atoms with van der Waals surface area (Å²) in [7, 11) is 3.85. The number of hydrogen-bond acceptors (Lipinski definition) is 5. The minimum absolute atomic E-state index is 0. The summed E-state index contributed by atoms with van der Waals surface area (Å²) in [4.78, 5) is 24.4. The van der Waals surface area contributed by atoms with E-state index in [-0.39, 0.29) is 56.1 Å². The number of carbonyl (C=O) groups is 1. The Morgan fingerprint density at radius 2 is 2.00 bits per heavy atom. The molecule has 27 heavy (non-hydrogen) atoms. The van der Waals surface area contributed by atoms with Gasteiger partial charge in [0.2, 0.25) is 0 Å². The van der Waals surface area contributed by atoms with Gasteiger partial charge in [0, 0.05) is 12.4 Å². The van der Waals surface area contributed by atoms with Crippen molar-refractivity contribution in [3.05, 3.63) is 74.3 Å². The summed E-state index contributed by atoms with van der Waals surface area (Å²) in [6, 6.07) is 7.41. The summed E-state index contributed by atoms with van der Waals surface area (Å²) in [6.45, 7) is 4.74. The van der Waals surface area contributed by atoms with Crippen molar-refractivity contribution in [1.82, 2.24) is 19.7 Å². The van der Waals surface area contributed by atoms with Crippen LogP contribution in [0, 0.1) is 14.0 Å². The number of rotatable bonds is 4. The molecule has 0 N–H and O–H groups in total. The van der Waals surface area contributed by atoms with Gasteiger partial charge >= 0.3 is 45.5 Å². The molecule has 0 saturated carbocycles. The van der Waals surface area contributed by atoms with E-state index in [0.29, 0.717) is 18.7 Å². The summed E-state index contributed by atoms with van der Waals surface area (Å²) >= 11 is 0. The standard InChI is InChI=1S/C18H16N6O.FH.Sr/c1-3-22(2)17-7-6-14(10-20-17)24-11-15-16(21-24)12-23(18(15)25)13-5-4-8-19-9-13;;/h4-11H,1-3,12H2;1H;/q-2;;+2/p-1. The predicted molar refractivity (Wildman–Crippen MR) is 99.9 cm³/mol. The molecule has 1 aliphatic heterocycles. The molecule has 0 unspecified atom stereocenters. The van der Waals surface area contributed by atoms with E-state index in [4.69, 9.17) is 0 Å². The molecule has 0 spiro atoms. The van der Waals surface area contributed by atoms with E-state index in [1.54, 1.807) is 39.3 Å². The Balaban J connectivity index is 0.00000131. The monoisotopic (exact) mass is 439 g/mol. The van der Waals surface area contributed by atoms with Gasteiger partial charge in [-0.3, -0.25) is 16.8 Å². The second-order valence-corrected chi connectivity index (χ2v) is 5.67. The summed E-state index contributed by atoms with van der Waals surface area (Å²) in [5, 5.41) is 4.53. The van der Waals surface area contributed by atoms with Crippen LogP contribution >= 0.6 is 0 Å². The van der Waals surface area contributed by atoms with Crippen LogP contribution in [0.15, 0.2) is 49.1 Å². The molecule has 3 aromatic heterocycles. The van der Waals surface area contributed by atoms with E-state index in [1.807, 2.05) is 24.3 Å². The van der Waals surface area contributed by atoms with Gasteiger partial charge in [0.15, 0.2) is 0 Å². The molecule has 0 saturated heterocycles. The third-order valence-corrected chi connectivity index (χ3v) is 4.12. The van der Waals surface area contributed by atoms with E-state index in [9.17, 15) is 4.79 Å². The molecule has 1 amide bonds. The SMILES string of the molecule is [CH2-]CN([CH2-])c1ccc(-n2cc3c(n2)CN(c2cccnc2)C3=O)cn1.[F-].[Sr+2]. The molecular formula is C18H16FN6OSr-. The summed E-state index contributed by atoms with van der Waals surface area (Å²) < 4.78 is 1.68. The van der Waals surface area contributed by atoms with Crippen molar-refractivity contribution < 1.29 is 9.50 Å². The summed E-state index contributed by atoms with van der Waals surface area (Å²) in [5.41, 5.74) is 2.90. The van der Waals surface area contributed by atoms with Crippen LogP contribution in [0.2, 0.25) is 0 Å². The number of carbonyl (C=O) groups excluding carboxylic acids is 1. The molecule has 0 radical (unpaired) electrons. The molecule has 4 heterocycles. The third kappa shape index (κ3) is 4.06. The molecule has 134 valence electrons. The number of aromatic nitrogens is 4. The first-order valence-electron chi connectivity index (χ1n) is 7.81. The van der Waals surface area contributed by atoms with Gasteiger partial charge in [0.25, 0.3) is 5.91 Å². The van der Waals surface area contributed by atoms with Crippen LogP contribution in [0.3, 0.4) is 0 Å². The fraction of sp³-hybridized carbons (Fsp3) is 0.111. The Hall–Kier alpha value is -1.81. The van der Waals surface area contributed by atoms with E-state index < -0.39 is 0 Å². The second kappa shape index (κ2) is 8.92. The van der Waals surface area contributed by atoms with Crippen molar-refractivity contribution >= 4 is 62.9 Å². The molecule has 1 aliphatic rings. The van der Waals surface area contributed by atoms with Gasteiger partial charge in [-0.15, -0.1) is 6.54 Å². The largest absolute Gasteiger partial charge is 2.00 e. The normalized spacial score (nSPS) is 12.2.